The van der Waals surface area contributed by atoms with Crippen molar-refractivity contribution < 1.29 is 12.8 Å². The van der Waals surface area contributed by atoms with Crippen LogP contribution in [0.1, 0.15) is 12.8 Å². The molecule has 2 N–H and O–H groups in total. The molecule has 0 aliphatic carbocycles. The van der Waals surface area contributed by atoms with Crippen LogP contribution in [0.15, 0.2) is 27.6 Å². The molecule has 0 radical (unpaired) electrons. The second kappa shape index (κ2) is 6.30. The zero-order chi connectivity index (χ0) is 13.9. The van der Waals surface area contributed by atoms with Crippen molar-refractivity contribution in [3.05, 3.63) is 28.5 Å². The maximum absolute atomic E-state index is 13.4. The zero-order valence-corrected chi connectivity index (χ0v) is 12.7. The number of hydrogen-bond acceptors (Lipinski definition) is 3. The molecule has 4 nitrogen and oxygen atoms in total. The third-order valence-electron chi connectivity index (χ3n) is 3.22. The predicted octanol–water partition coefficient (Wildman–Crippen LogP) is 1.87. The lowest BCUT2D eigenvalue weighted by Crippen LogP contribution is -2.36. The van der Waals surface area contributed by atoms with Crippen LogP contribution >= 0.6 is 15.9 Å². The van der Waals surface area contributed by atoms with Crippen LogP contribution in [0.4, 0.5) is 4.39 Å². The Balaban J connectivity index is 2.02. The summed E-state index contributed by atoms with van der Waals surface area (Å²) in [6, 6.07) is 3.81. The molecule has 1 aromatic carbocycles. The lowest BCUT2D eigenvalue weighted by molar-refractivity contribution is 0.372. The molecule has 0 spiro atoms. The third-order valence-corrected chi connectivity index (χ3v) is 5.29. The Morgan fingerprint density at radius 2 is 2.05 bits per heavy atom. The molecular weight excluding hydrogens is 335 g/mol. The van der Waals surface area contributed by atoms with Crippen LogP contribution in [0, 0.1) is 11.7 Å². The second-order valence-corrected chi connectivity index (χ2v) is 7.24. The maximum Gasteiger partial charge on any atom is 0.240 e. The normalized spacial score (nSPS) is 17.6. The maximum atomic E-state index is 13.4. The lowest BCUT2D eigenvalue weighted by Gasteiger charge is -2.22. The lowest BCUT2D eigenvalue weighted by atomic mass is 9.99. The van der Waals surface area contributed by atoms with E-state index in [9.17, 15) is 12.8 Å². The highest BCUT2D eigenvalue weighted by atomic mass is 79.9. The zero-order valence-electron chi connectivity index (χ0n) is 10.3. The highest BCUT2D eigenvalue weighted by molar-refractivity contribution is 9.10. The van der Waals surface area contributed by atoms with Crippen molar-refractivity contribution in [2.75, 3.05) is 19.6 Å². The third kappa shape index (κ3) is 3.98. The Morgan fingerprint density at radius 1 is 1.37 bits per heavy atom. The summed E-state index contributed by atoms with van der Waals surface area (Å²) in [7, 11) is -3.63. The molecule has 1 heterocycles. The average Bonchev–Trinajstić information content (AvgIpc) is 2.41. The fourth-order valence-corrected chi connectivity index (χ4v) is 3.41. The number of sulfonamides is 1. The molecule has 7 heteroatoms. The first-order valence-corrected chi connectivity index (χ1v) is 8.42. The summed E-state index contributed by atoms with van der Waals surface area (Å²) >= 11 is 3.00. The van der Waals surface area contributed by atoms with Crippen molar-refractivity contribution in [3.8, 4) is 0 Å². The number of halogens is 2. The topological polar surface area (TPSA) is 58.2 Å². The van der Waals surface area contributed by atoms with Crippen molar-refractivity contribution >= 4 is 26.0 Å². The number of nitrogens with one attached hydrogen (secondary N) is 2. The summed E-state index contributed by atoms with van der Waals surface area (Å²) in [6.45, 7) is 2.24. The van der Waals surface area contributed by atoms with Gasteiger partial charge >= 0.3 is 0 Å². The van der Waals surface area contributed by atoms with E-state index in [4.69, 9.17) is 0 Å². The first-order chi connectivity index (χ1) is 8.99. The number of rotatable bonds is 4. The molecule has 1 aromatic rings. The SMILES string of the molecule is O=S(=O)(NCC1CCNCC1)c1ccc(Br)c(F)c1. The standard InChI is InChI=1S/C12H16BrFN2O2S/c13-11-2-1-10(7-12(11)14)19(17,18)16-8-9-3-5-15-6-4-9/h1-2,7,9,15-16H,3-6,8H2. The van der Waals surface area contributed by atoms with Gasteiger partial charge in [0, 0.05) is 6.54 Å². The van der Waals surface area contributed by atoms with Gasteiger partial charge in [-0.2, -0.15) is 0 Å². The summed E-state index contributed by atoms with van der Waals surface area (Å²) < 4.78 is 40.2. The van der Waals surface area contributed by atoms with E-state index >= 15 is 0 Å². The molecular formula is C12H16BrFN2O2S. The molecule has 0 atom stereocenters. The molecule has 106 valence electrons. The van der Waals surface area contributed by atoms with Crippen LogP contribution in [-0.2, 0) is 10.0 Å². The molecule has 1 saturated heterocycles. The van der Waals surface area contributed by atoms with E-state index in [2.05, 4.69) is 26.0 Å². The molecule has 1 fully saturated rings. The number of piperidine rings is 1. The molecule has 0 bridgehead atoms. The van der Waals surface area contributed by atoms with E-state index in [1.165, 1.54) is 12.1 Å². The van der Waals surface area contributed by atoms with E-state index in [-0.39, 0.29) is 9.37 Å². The van der Waals surface area contributed by atoms with Crippen LogP contribution in [0.3, 0.4) is 0 Å². The predicted molar refractivity (Wildman–Crippen MR) is 74.9 cm³/mol. The summed E-state index contributed by atoms with van der Waals surface area (Å²) in [6.07, 6.45) is 1.91. The van der Waals surface area contributed by atoms with Crippen molar-refractivity contribution in [1.82, 2.24) is 10.0 Å². The fraction of sp³-hybridized carbons (Fsp3) is 0.500. The molecule has 19 heavy (non-hydrogen) atoms. The Morgan fingerprint density at radius 3 is 2.68 bits per heavy atom. The molecule has 0 unspecified atom stereocenters. The van der Waals surface area contributed by atoms with Gasteiger partial charge in [-0.25, -0.2) is 17.5 Å². The second-order valence-electron chi connectivity index (χ2n) is 4.62. The van der Waals surface area contributed by atoms with Crippen LogP contribution < -0.4 is 10.0 Å². The van der Waals surface area contributed by atoms with Crippen LogP contribution in [0.25, 0.3) is 0 Å². The van der Waals surface area contributed by atoms with E-state index in [1.807, 2.05) is 0 Å². The van der Waals surface area contributed by atoms with Crippen LogP contribution in [-0.4, -0.2) is 28.1 Å². The molecule has 1 aliphatic heterocycles. The van der Waals surface area contributed by atoms with Gasteiger partial charge < -0.3 is 5.32 Å². The first kappa shape index (κ1) is 14.9. The Hall–Kier alpha value is -0.500. The van der Waals surface area contributed by atoms with Gasteiger partial charge in [0.05, 0.1) is 9.37 Å². The van der Waals surface area contributed by atoms with Crippen molar-refractivity contribution in [1.29, 1.82) is 0 Å². The van der Waals surface area contributed by atoms with Gasteiger partial charge in [0.1, 0.15) is 5.82 Å². The Bertz CT molecular complexity index is 545. The van der Waals surface area contributed by atoms with Gasteiger partial charge in [-0.15, -0.1) is 0 Å². The molecule has 0 saturated carbocycles. The fourth-order valence-electron chi connectivity index (χ4n) is 2.04. The van der Waals surface area contributed by atoms with Gasteiger partial charge in [0.25, 0.3) is 0 Å². The highest BCUT2D eigenvalue weighted by Gasteiger charge is 2.19. The van der Waals surface area contributed by atoms with E-state index in [1.54, 1.807) is 0 Å². The minimum Gasteiger partial charge on any atom is -0.317 e. The summed E-state index contributed by atoms with van der Waals surface area (Å²) in [5.41, 5.74) is 0. The summed E-state index contributed by atoms with van der Waals surface area (Å²) in [5.74, 6) is -0.235. The minimum absolute atomic E-state index is 0.0397. The van der Waals surface area contributed by atoms with Gasteiger partial charge in [0.15, 0.2) is 0 Å². The largest absolute Gasteiger partial charge is 0.317 e. The minimum atomic E-state index is -3.63. The van der Waals surface area contributed by atoms with E-state index in [0.717, 1.165) is 32.0 Å². The van der Waals surface area contributed by atoms with Crippen LogP contribution in [0.5, 0.6) is 0 Å². The van der Waals surface area contributed by atoms with Gasteiger partial charge in [-0.1, -0.05) is 0 Å². The van der Waals surface area contributed by atoms with Gasteiger partial charge in [0.2, 0.25) is 10.0 Å². The Kier molecular flexibility index (Phi) is 4.94. The van der Waals surface area contributed by atoms with Gasteiger partial charge in [-0.05, 0) is 66.0 Å². The quantitative estimate of drug-likeness (QED) is 0.871. The number of hydrogen-bond donors (Lipinski definition) is 2. The molecule has 0 aromatic heterocycles. The highest BCUT2D eigenvalue weighted by Crippen LogP contribution is 2.19. The van der Waals surface area contributed by atoms with Gasteiger partial charge in [-0.3, -0.25) is 0 Å². The molecule has 1 aliphatic rings. The molecule has 2 rings (SSSR count). The van der Waals surface area contributed by atoms with E-state index in [0.29, 0.717) is 12.5 Å². The average molecular weight is 351 g/mol. The summed E-state index contributed by atoms with van der Waals surface area (Å²) in [5, 5.41) is 3.23. The molecule has 0 amide bonds. The number of benzene rings is 1. The monoisotopic (exact) mass is 350 g/mol. The van der Waals surface area contributed by atoms with E-state index < -0.39 is 15.8 Å². The van der Waals surface area contributed by atoms with Crippen LogP contribution in [0.2, 0.25) is 0 Å². The summed E-state index contributed by atoms with van der Waals surface area (Å²) in [4.78, 5) is -0.0397. The van der Waals surface area contributed by atoms with Crippen molar-refractivity contribution in [3.63, 3.8) is 0 Å². The van der Waals surface area contributed by atoms with Crippen molar-refractivity contribution in [2.24, 2.45) is 5.92 Å². The smallest absolute Gasteiger partial charge is 0.240 e. The first-order valence-electron chi connectivity index (χ1n) is 6.14. The Labute approximate surface area is 121 Å². The van der Waals surface area contributed by atoms with Crippen molar-refractivity contribution in [2.45, 2.75) is 17.7 Å².